The van der Waals surface area contributed by atoms with Crippen LogP contribution >= 0.6 is 0 Å². The van der Waals surface area contributed by atoms with Gasteiger partial charge < -0.3 is 4.90 Å². The minimum absolute atomic E-state index is 0.583. The predicted molar refractivity (Wildman–Crippen MR) is 51.6 cm³/mol. The molecule has 1 aromatic heterocycles. The molecule has 0 aromatic carbocycles. The molecule has 0 aliphatic carbocycles. The molecule has 0 amide bonds. The molecule has 0 unspecified atom stereocenters. The summed E-state index contributed by atoms with van der Waals surface area (Å²) in [5.74, 6) is 0. The van der Waals surface area contributed by atoms with E-state index in [4.69, 9.17) is 6.57 Å². The number of aryl methyl sites for hydroxylation is 1. The van der Waals surface area contributed by atoms with Gasteiger partial charge >= 0.3 is 0 Å². The Hall–Kier alpha value is -1.76. The van der Waals surface area contributed by atoms with E-state index in [2.05, 4.69) is 15.0 Å². The van der Waals surface area contributed by atoms with Gasteiger partial charge in [0.25, 0.3) is 0 Å². The molecule has 0 atom stereocenters. The Bertz CT molecular complexity index is 354. The van der Waals surface area contributed by atoms with Gasteiger partial charge in [0.15, 0.2) is 0 Å². The first kappa shape index (κ1) is 9.33. The normalized spacial score (nSPS) is 11.1. The smallest absolute Gasteiger partial charge is 0.227 e. The van der Waals surface area contributed by atoms with Crippen molar-refractivity contribution in [2.45, 2.75) is 6.92 Å². The number of hydrogen-bond donors (Lipinski definition) is 1. The largest absolute Gasteiger partial charge is 0.393 e. The summed E-state index contributed by atoms with van der Waals surface area (Å²) in [5.41, 5.74) is 2.37. The van der Waals surface area contributed by atoms with E-state index >= 15 is 0 Å². The highest BCUT2D eigenvalue weighted by Crippen LogP contribution is 2.16. The molecular formula is C9H12N4. The third-order valence-electron chi connectivity index (χ3n) is 1.59. The van der Waals surface area contributed by atoms with Crippen molar-refractivity contribution in [1.82, 2.24) is 15.1 Å². The highest BCUT2D eigenvalue weighted by Gasteiger charge is 2.06. The molecule has 0 spiro atoms. The van der Waals surface area contributed by atoms with Gasteiger partial charge in [-0.1, -0.05) is 0 Å². The van der Waals surface area contributed by atoms with Crippen LogP contribution in [0.4, 0.5) is 0 Å². The van der Waals surface area contributed by atoms with Crippen molar-refractivity contribution in [3.05, 3.63) is 35.1 Å². The Morgan fingerprint density at radius 1 is 1.69 bits per heavy atom. The highest BCUT2D eigenvalue weighted by molar-refractivity contribution is 5.69. The van der Waals surface area contributed by atoms with Crippen molar-refractivity contribution >= 4 is 5.70 Å². The van der Waals surface area contributed by atoms with E-state index in [0.29, 0.717) is 5.70 Å². The quantitative estimate of drug-likeness (QED) is 0.693. The van der Waals surface area contributed by atoms with Crippen LogP contribution < -0.4 is 0 Å². The van der Waals surface area contributed by atoms with E-state index in [1.54, 1.807) is 12.4 Å². The number of H-pyrrole nitrogens is 1. The van der Waals surface area contributed by atoms with Crippen LogP contribution in [0.1, 0.15) is 11.3 Å². The van der Waals surface area contributed by atoms with Crippen molar-refractivity contribution < 1.29 is 0 Å². The van der Waals surface area contributed by atoms with E-state index in [1.807, 2.05) is 25.9 Å². The number of aromatic nitrogens is 2. The molecule has 1 heterocycles. The lowest BCUT2D eigenvalue weighted by Crippen LogP contribution is -2.02. The molecule has 4 nitrogen and oxygen atoms in total. The van der Waals surface area contributed by atoms with Crippen LogP contribution in [0, 0.1) is 13.5 Å². The fourth-order valence-electron chi connectivity index (χ4n) is 1.000. The zero-order chi connectivity index (χ0) is 9.84. The molecule has 0 radical (unpaired) electrons. The van der Waals surface area contributed by atoms with Crippen molar-refractivity contribution in [3.8, 4) is 0 Å². The van der Waals surface area contributed by atoms with E-state index in [-0.39, 0.29) is 0 Å². The van der Waals surface area contributed by atoms with Gasteiger partial charge in [0.1, 0.15) is 0 Å². The van der Waals surface area contributed by atoms with Crippen LogP contribution in [0.2, 0.25) is 0 Å². The van der Waals surface area contributed by atoms with Crippen molar-refractivity contribution in [2.75, 3.05) is 14.1 Å². The fraction of sp³-hybridized carbons (Fsp3) is 0.333. The maximum Gasteiger partial charge on any atom is 0.227 e. The molecule has 0 fully saturated rings. The van der Waals surface area contributed by atoms with Gasteiger partial charge in [-0.25, -0.2) is 4.85 Å². The predicted octanol–water partition coefficient (Wildman–Crippen LogP) is 1.50. The molecule has 1 aromatic rings. The summed E-state index contributed by atoms with van der Waals surface area (Å²) in [6.07, 6.45) is 3.48. The van der Waals surface area contributed by atoms with Crippen LogP contribution in [0.5, 0.6) is 0 Å². The molecule has 13 heavy (non-hydrogen) atoms. The third-order valence-corrected chi connectivity index (χ3v) is 1.59. The zero-order valence-corrected chi connectivity index (χ0v) is 8.00. The summed E-state index contributed by atoms with van der Waals surface area (Å²) in [7, 11) is 3.77. The van der Waals surface area contributed by atoms with Gasteiger partial charge in [-0.05, 0) is 12.5 Å². The van der Waals surface area contributed by atoms with Gasteiger partial charge in [0.05, 0.1) is 18.5 Å². The monoisotopic (exact) mass is 176 g/mol. The SMILES string of the molecule is [C-]#[N+]C(=CN(C)C)c1[nH]ncc1C. The number of nitrogens with zero attached hydrogens (tertiary/aromatic N) is 3. The Morgan fingerprint density at radius 3 is 2.77 bits per heavy atom. The lowest BCUT2D eigenvalue weighted by molar-refractivity contribution is 0.565. The van der Waals surface area contributed by atoms with Crippen LogP contribution in [0.15, 0.2) is 12.4 Å². The summed E-state index contributed by atoms with van der Waals surface area (Å²) in [4.78, 5) is 5.27. The molecule has 1 rings (SSSR count). The molecule has 0 aliphatic heterocycles. The Balaban J connectivity index is 3.07. The lowest BCUT2D eigenvalue weighted by Gasteiger charge is -2.05. The topological polar surface area (TPSA) is 36.3 Å². The highest BCUT2D eigenvalue weighted by atomic mass is 15.1. The first-order chi connectivity index (χ1) is 6.15. The van der Waals surface area contributed by atoms with E-state index in [9.17, 15) is 0 Å². The Morgan fingerprint density at radius 2 is 2.38 bits per heavy atom. The molecule has 4 heteroatoms. The fourth-order valence-corrected chi connectivity index (χ4v) is 1.000. The van der Waals surface area contributed by atoms with Gasteiger partial charge in [0.2, 0.25) is 5.70 Å². The van der Waals surface area contributed by atoms with E-state index in [1.165, 1.54) is 0 Å². The molecule has 0 bridgehead atoms. The summed E-state index contributed by atoms with van der Waals surface area (Å²) >= 11 is 0. The summed E-state index contributed by atoms with van der Waals surface area (Å²) < 4.78 is 0. The first-order valence-corrected chi connectivity index (χ1v) is 3.91. The summed E-state index contributed by atoms with van der Waals surface area (Å²) in [6, 6.07) is 0. The molecule has 1 N–H and O–H groups in total. The second-order valence-corrected chi connectivity index (χ2v) is 3.02. The van der Waals surface area contributed by atoms with Crippen molar-refractivity contribution in [1.29, 1.82) is 0 Å². The zero-order valence-electron chi connectivity index (χ0n) is 8.00. The van der Waals surface area contributed by atoms with Crippen LogP contribution in [-0.4, -0.2) is 29.2 Å². The maximum absolute atomic E-state index is 7.01. The average Bonchev–Trinajstić information content (AvgIpc) is 2.47. The maximum atomic E-state index is 7.01. The molecule has 0 aliphatic rings. The first-order valence-electron chi connectivity index (χ1n) is 3.91. The van der Waals surface area contributed by atoms with Gasteiger partial charge in [0, 0.05) is 20.3 Å². The van der Waals surface area contributed by atoms with Crippen LogP contribution in [-0.2, 0) is 0 Å². The lowest BCUT2D eigenvalue weighted by atomic mass is 10.2. The third kappa shape index (κ3) is 2.09. The molecule has 68 valence electrons. The molecular weight excluding hydrogens is 164 g/mol. The standard InChI is InChI=1S/C9H12N4/c1-7-5-11-12-9(7)8(10-2)6-13(3)4/h5-6H,1,3-4H3,(H,11,12). The number of rotatable bonds is 2. The number of hydrogen-bond acceptors (Lipinski definition) is 2. The average molecular weight is 176 g/mol. The van der Waals surface area contributed by atoms with Gasteiger partial charge in [-0.15, -0.1) is 0 Å². The second-order valence-electron chi connectivity index (χ2n) is 3.02. The molecule has 0 saturated heterocycles. The Labute approximate surface area is 77.7 Å². The summed E-state index contributed by atoms with van der Waals surface area (Å²) in [6.45, 7) is 8.93. The van der Waals surface area contributed by atoms with Crippen molar-refractivity contribution in [3.63, 3.8) is 0 Å². The van der Waals surface area contributed by atoms with E-state index < -0.39 is 0 Å². The number of aromatic amines is 1. The summed E-state index contributed by atoms with van der Waals surface area (Å²) in [5, 5.41) is 6.67. The van der Waals surface area contributed by atoms with Gasteiger partial charge in [-0.2, -0.15) is 5.10 Å². The second kappa shape index (κ2) is 3.76. The number of nitrogens with one attached hydrogen (secondary N) is 1. The minimum Gasteiger partial charge on any atom is -0.393 e. The molecule has 0 saturated carbocycles. The Kier molecular flexibility index (Phi) is 2.70. The van der Waals surface area contributed by atoms with Gasteiger partial charge in [-0.3, -0.25) is 5.10 Å². The van der Waals surface area contributed by atoms with Crippen LogP contribution in [0.3, 0.4) is 0 Å². The van der Waals surface area contributed by atoms with Crippen LogP contribution in [0.25, 0.3) is 10.5 Å². The van der Waals surface area contributed by atoms with Crippen molar-refractivity contribution in [2.24, 2.45) is 0 Å². The van der Waals surface area contributed by atoms with E-state index in [0.717, 1.165) is 11.3 Å². The minimum atomic E-state index is 0.583.